The maximum atomic E-state index is 5.97. The summed E-state index contributed by atoms with van der Waals surface area (Å²) < 4.78 is 7.59. The molecule has 2 atom stereocenters. The molecule has 1 aromatic rings. The molecule has 0 amide bonds. The van der Waals surface area contributed by atoms with Crippen molar-refractivity contribution in [3.05, 3.63) is 18.0 Å². The van der Waals surface area contributed by atoms with E-state index >= 15 is 0 Å². The van der Waals surface area contributed by atoms with Gasteiger partial charge in [-0.1, -0.05) is 0 Å². The fourth-order valence-corrected chi connectivity index (χ4v) is 1.96. The fourth-order valence-electron chi connectivity index (χ4n) is 1.84. The third-order valence-electron chi connectivity index (χ3n) is 2.78. The molecule has 3 nitrogen and oxygen atoms in total. The van der Waals surface area contributed by atoms with Crippen LogP contribution in [0.5, 0.6) is 0 Å². The van der Waals surface area contributed by atoms with Crippen molar-refractivity contribution in [2.45, 2.75) is 44.2 Å². The van der Waals surface area contributed by atoms with Gasteiger partial charge in [-0.15, -0.1) is 11.6 Å². The van der Waals surface area contributed by atoms with Crippen LogP contribution in [-0.4, -0.2) is 22.5 Å². The van der Waals surface area contributed by atoms with Gasteiger partial charge in [0.2, 0.25) is 0 Å². The van der Waals surface area contributed by atoms with Gasteiger partial charge in [0.05, 0.1) is 24.2 Å². The number of rotatable bonds is 3. The molecular weight excluding hydrogens is 212 g/mol. The van der Waals surface area contributed by atoms with Crippen LogP contribution in [0.25, 0.3) is 0 Å². The molecule has 2 heterocycles. The number of ether oxygens (including phenoxy) is 1. The van der Waals surface area contributed by atoms with Gasteiger partial charge < -0.3 is 4.74 Å². The summed E-state index contributed by atoms with van der Waals surface area (Å²) in [5, 5.41) is 4.32. The van der Waals surface area contributed by atoms with E-state index in [2.05, 4.69) is 5.10 Å². The lowest BCUT2D eigenvalue weighted by Gasteiger charge is -2.22. The average Bonchev–Trinajstić information content (AvgIpc) is 2.68. The van der Waals surface area contributed by atoms with Gasteiger partial charge >= 0.3 is 0 Å². The molecule has 1 aliphatic heterocycles. The number of aromatic nitrogens is 2. The summed E-state index contributed by atoms with van der Waals surface area (Å²) in [5.74, 6) is 0. The Kier molecular flexibility index (Phi) is 3.65. The minimum absolute atomic E-state index is 0.0334. The molecule has 2 unspecified atom stereocenters. The van der Waals surface area contributed by atoms with Gasteiger partial charge in [-0.2, -0.15) is 5.10 Å². The van der Waals surface area contributed by atoms with Crippen LogP contribution >= 0.6 is 11.6 Å². The van der Waals surface area contributed by atoms with Crippen LogP contribution in [0.1, 0.15) is 37.1 Å². The van der Waals surface area contributed by atoms with Crippen LogP contribution < -0.4 is 0 Å². The van der Waals surface area contributed by atoms with E-state index in [0.29, 0.717) is 6.10 Å². The molecule has 4 heteroatoms. The molecule has 1 fully saturated rings. The zero-order valence-electron chi connectivity index (χ0n) is 9.03. The maximum Gasteiger partial charge on any atom is 0.0770 e. The SMILES string of the molecule is CC(Cl)c1cnn(CC2CCCCO2)c1. The minimum Gasteiger partial charge on any atom is -0.376 e. The summed E-state index contributed by atoms with van der Waals surface area (Å²) in [6.45, 7) is 3.70. The molecule has 0 radical (unpaired) electrons. The fraction of sp³-hybridized carbons (Fsp3) is 0.727. The van der Waals surface area contributed by atoms with Gasteiger partial charge in [0.15, 0.2) is 0 Å². The average molecular weight is 229 g/mol. The first-order valence-electron chi connectivity index (χ1n) is 5.54. The lowest BCUT2D eigenvalue weighted by molar-refractivity contribution is 0.00398. The Labute approximate surface area is 95.4 Å². The molecule has 0 N–H and O–H groups in total. The Hall–Kier alpha value is -0.540. The highest BCUT2D eigenvalue weighted by Crippen LogP contribution is 2.19. The summed E-state index contributed by atoms with van der Waals surface area (Å²) in [6.07, 6.45) is 7.78. The van der Waals surface area contributed by atoms with Crippen LogP contribution in [0, 0.1) is 0 Å². The topological polar surface area (TPSA) is 27.1 Å². The smallest absolute Gasteiger partial charge is 0.0770 e. The van der Waals surface area contributed by atoms with Crippen LogP contribution in [0.2, 0.25) is 0 Å². The summed E-state index contributed by atoms with van der Waals surface area (Å²) >= 11 is 5.97. The van der Waals surface area contributed by atoms with Crippen molar-refractivity contribution in [2.75, 3.05) is 6.61 Å². The third kappa shape index (κ3) is 2.95. The number of alkyl halides is 1. The first kappa shape index (κ1) is 11.0. The molecule has 15 heavy (non-hydrogen) atoms. The largest absolute Gasteiger partial charge is 0.376 e. The van der Waals surface area contributed by atoms with Gasteiger partial charge in [-0.25, -0.2) is 0 Å². The van der Waals surface area contributed by atoms with Gasteiger partial charge in [-0.05, 0) is 26.2 Å². The second-order valence-corrected chi connectivity index (χ2v) is 4.75. The van der Waals surface area contributed by atoms with E-state index in [1.54, 1.807) is 0 Å². The number of hydrogen-bond donors (Lipinski definition) is 0. The first-order chi connectivity index (χ1) is 7.25. The van der Waals surface area contributed by atoms with Gasteiger partial charge in [0.1, 0.15) is 0 Å². The van der Waals surface area contributed by atoms with E-state index in [9.17, 15) is 0 Å². The van der Waals surface area contributed by atoms with Crippen molar-refractivity contribution in [2.24, 2.45) is 0 Å². The molecule has 0 aliphatic carbocycles. The zero-order valence-corrected chi connectivity index (χ0v) is 9.78. The van der Waals surface area contributed by atoms with Crippen molar-refractivity contribution in [3.63, 3.8) is 0 Å². The van der Waals surface area contributed by atoms with Gasteiger partial charge in [0.25, 0.3) is 0 Å². The molecule has 0 saturated carbocycles. The van der Waals surface area contributed by atoms with Crippen molar-refractivity contribution < 1.29 is 4.74 Å². The summed E-state index contributed by atoms with van der Waals surface area (Å²) in [6, 6.07) is 0. The summed E-state index contributed by atoms with van der Waals surface area (Å²) in [4.78, 5) is 0. The molecule has 0 spiro atoms. The molecule has 1 aliphatic rings. The van der Waals surface area contributed by atoms with Crippen LogP contribution in [0.15, 0.2) is 12.4 Å². The highest BCUT2D eigenvalue weighted by atomic mass is 35.5. The number of halogens is 1. The predicted octanol–water partition coefficient (Wildman–Crippen LogP) is 2.75. The van der Waals surface area contributed by atoms with Gasteiger partial charge in [-0.3, -0.25) is 4.68 Å². The van der Waals surface area contributed by atoms with Crippen molar-refractivity contribution in [1.82, 2.24) is 9.78 Å². The van der Waals surface area contributed by atoms with E-state index in [-0.39, 0.29) is 5.38 Å². The Morgan fingerprint density at radius 1 is 1.67 bits per heavy atom. The van der Waals surface area contributed by atoms with E-state index < -0.39 is 0 Å². The Balaban J connectivity index is 1.91. The van der Waals surface area contributed by atoms with E-state index in [1.807, 2.05) is 24.0 Å². The normalized spacial score (nSPS) is 24.0. The maximum absolute atomic E-state index is 5.97. The highest BCUT2D eigenvalue weighted by Gasteiger charge is 2.15. The second-order valence-electron chi connectivity index (χ2n) is 4.10. The standard InChI is InChI=1S/C11H17ClN2O/c1-9(12)10-6-13-14(7-10)8-11-4-2-3-5-15-11/h6-7,9,11H,2-5,8H2,1H3. The zero-order chi connectivity index (χ0) is 10.7. The lowest BCUT2D eigenvalue weighted by Crippen LogP contribution is -2.24. The Bertz CT molecular complexity index is 305. The molecule has 0 bridgehead atoms. The predicted molar refractivity (Wildman–Crippen MR) is 60.1 cm³/mol. The second kappa shape index (κ2) is 4.99. The van der Waals surface area contributed by atoms with Crippen molar-refractivity contribution in [3.8, 4) is 0 Å². The lowest BCUT2D eigenvalue weighted by atomic mass is 10.1. The molecule has 1 aromatic heterocycles. The highest BCUT2D eigenvalue weighted by molar-refractivity contribution is 6.20. The van der Waals surface area contributed by atoms with Crippen LogP contribution in [-0.2, 0) is 11.3 Å². The molecule has 0 aromatic carbocycles. The van der Waals surface area contributed by atoms with E-state index in [4.69, 9.17) is 16.3 Å². The number of hydrogen-bond acceptors (Lipinski definition) is 2. The summed E-state index contributed by atoms with van der Waals surface area (Å²) in [7, 11) is 0. The monoisotopic (exact) mass is 228 g/mol. The molecular formula is C11H17ClN2O. The van der Waals surface area contributed by atoms with Crippen LogP contribution in [0.3, 0.4) is 0 Å². The molecule has 2 rings (SSSR count). The van der Waals surface area contributed by atoms with E-state index in [1.165, 1.54) is 12.8 Å². The quantitative estimate of drug-likeness (QED) is 0.744. The molecule has 1 saturated heterocycles. The summed E-state index contributed by atoms with van der Waals surface area (Å²) in [5.41, 5.74) is 1.08. The van der Waals surface area contributed by atoms with Gasteiger partial charge in [0, 0.05) is 18.4 Å². The van der Waals surface area contributed by atoms with Crippen molar-refractivity contribution in [1.29, 1.82) is 0 Å². The Morgan fingerprint density at radius 3 is 3.13 bits per heavy atom. The van der Waals surface area contributed by atoms with E-state index in [0.717, 1.165) is 25.1 Å². The minimum atomic E-state index is 0.0334. The van der Waals surface area contributed by atoms with Crippen LogP contribution in [0.4, 0.5) is 0 Å². The first-order valence-corrected chi connectivity index (χ1v) is 5.97. The number of nitrogens with zero attached hydrogens (tertiary/aromatic N) is 2. The Morgan fingerprint density at radius 2 is 2.53 bits per heavy atom. The molecule has 84 valence electrons. The van der Waals surface area contributed by atoms with Crippen molar-refractivity contribution >= 4 is 11.6 Å². The third-order valence-corrected chi connectivity index (χ3v) is 3.03.